The molecule has 26 heavy (non-hydrogen) atoms. The van der Waals surface area contributed by atoms with Crippen LogP contribution in [0.25, 0.3) is 6.08 Å². The summed E-state index contributed by atoms with van der Waals surface area (Å²) in [5.74, 6) is 0.405. The van der Waals surface area contributed by atoms with E-state index in [9.17, 15) is 9.59 Å². The lowest BCUT2D eigenvalue weighted by Gasteiger charge is -2.16. The second-order valence-corrected chi connectivity index (χ2v) is 8.03. The van der Waals surface area contributed by atoms with Crippen molar-refractivity contribution >= 4 is 45.5 Å². The molecule has 0 spiro atoms. The first-order chi connectivity index (χ1) is 12.4. The molecule has 2 aromatic rings. The number of rotatable bonds is 6. The number of amides is 2. The van der Waals surface area contributed by atoms with E-state index in [1.54, 1.807) is 17.4 Å². The molecule has 0 aliphatic carbocycles. The molecule has 0 bridgehead atoms. The summed E-state index contributed by atoms with van der Waals surface area (Å²) >= 11 is 2.59. The van der Waals surface area contributed by atoms with Crippen LogP contribution in [0.4, 0.5) is 9.93 Å². The van der Waals surface area contributed by atoms with E-state index in [1.807, 2.05) is 38.2 Å². The van der Waals surface area contributed by atoms with E-state index in [1.165, 1.54) is 4.88 Å². The molecule has 1 aromatic carbocycles. The van der Waals surface area contributed by atoms with Crippen LogP contribution < -0.4 is 15.0 Å². The third kappa shape index (κ3) is 4.44. The Bertz CT molecular complexity index is 840. The van der Waals surface area contributed by atoms with Gasteiger partial charge in [-0.3, -0.25) is 14.9 Å². The average Bonchev–Trinajstić information content (AvgIpc) is 3.10. The molecule has 3 rings (SSSR count). The molecular weight excluding hydrogens is 370 g/mol. The fourth-order valence-corrected chi connectivity index (χ4v) is 3.83. The molecule has 1 aliphatic heterocycles. The van der Waals surface area contributed by atoms with Gasteiger partial charge in [-0.05, 0) is 49.4 Å². The van der Waals surface area contributed by atoms with Gasteiger partial charge in [-0.15, -0.1) is 11.3 Å². The van der Waals surface area contributed by atoms with Gasteiger partial charge in [-0.2, -0.15) is 0 Å². The highest BCUT2D eigenvalue weighted by Gasteiger charge is 2.24. The van der Waals surface area contributed by atoms with Gasteiger partial charge in [-0.25, -0.2) is 4.98 Å². The van der Waals surface area contributed by atoms with Crippen molar-refractivity contribution < 1.29 is 14.3 Å². The molecule has 0 unspecified atom stereocenters. The molecule has 0 radical (unpaired) electrons. The highest BCUT2D eigenvalue weighted by molar-refractivity contribution is 8.18. The molecule has 1 saturated heterocycles. The fraction of sp³-hybridized carbons (Fsp3) is 0.278. The molecule has 6 nitrogen and oxygen atoms in total. The van der Waals surface area contributed by atoms with Crippen LogP contribution in [0.1, 0.15) is 16.1 Å². The molecule has 1 aliphatic rings. The third-order valence-corrected chi connectivity index (χ3v) is 5.86. The number of carbonyl (C=O) groups excluding carboxylic acids is 2. The van der Waals surface area contributed by atoms with E-state index in [0.29, 0.717) is 11.5 Å². The molecule has 0 saturated carbocycles. The number of ether oxygens (including phenoxy) is 1. The number of aromatic nitrogens is 1. The zero-order chi connectivity index (χ0) is 18.7. The lowest BCUT2D eigenvalue weighted by molar-refractivity contribution is -0.115. The second kappa shape index (κ2) is 7.92. The lowest BCUT2D eigenvalue weighted by atomic mass is 10.2. The number of nitrogens with one attached hydrogen (secondary N) is 1. The van der Waals surface area contributed by atoms with Crippen molar-refractivity contribution in [3.05, 3.63) is 45.3 Å². The standard InChI is InChI=1S/C18H19N3O3S2/c1-11-12(2)25-17(19-11)21(3)8-9-24-14-6-4-13(5-7-14)10-15-16(22)20-18(23)26-15/h4-7,10H,8-9H2,1-3H3,(H,20,22,23)/b15-10+. The first kappa shape index (κ1) is 18.5. The summed E-state index contributed by atoms with van der Waals surface area (Å²) in [6, 6.07) is 7.42. The maximum absolute atomic E-state index is 11.5. The van der Waals surface area contributed by atoms with E-state index in [2.05, 4.69) is 22.1 Å². The van der Waals surface area contributed by atoms with Gasteiger partial charge in [-0.1, -0.05) is 12.1 Å². The van der Waals surface area contributed by atoms with Crippen molar-refractivity contribution in [1.82, 2.24) is 10.3 Å². The van der Waals surface area contributed by atoms with E-state index in [4.69, 9.17) is 4.74 Å². The number of carbonyl (C=O) groups is 2. The fourth-order valence-electron chi connectivity index (χ4n) is 2.25. The normalized spacial score (nSPS) is 15.4. The molecule has 8 heteroatoms. The number of hydrogen-bond acceptors (Lipinski definition) is 7. The summed E-state index contributed by atoms with van der Waals surface area (Å²) in [5.41, 5.74) is 1.91. The molecule has 2 heterocycles. The molecular formula is C18H19N3O3S2. The SMILES string of the molecule is Cc1nc(N(C)CCOc2ccc(/C=C3/SC(=O)NC3=O)cc2)sc1C. The lowest BCUT2D eigenvalue weighted by Crippen LogP contribution is -2.23. The van der Waals surface area contributed by atoms with Crippen LogP contribution in [0.5, 0.6) is 5.75 Å². The first-order valence-corrected chi connectivity index (χ1v) is 9.68. The Balaban J connectivity index is 1.52. The van der Waals surface area contributed by atoms with Crippen LogP contribution in [0.2, 0.25) is 0 Å². The molecule has 136 valence electrons. The predicted molar refractivity (Wildman–Crippen MR) is 106 cm³/mol. The quantitative estimate of drug-likeness (QED) is 0.761. The number of hydrogen-bond donors (Lipinski definition) is 1. The average molecular weight is 390 g/mol. The Morgan fingerprint density at radius 1 is 1.23 bits per heavy atom. The molecule has 1 N–H and O–H groups in total. The number of likely N-dealkylation sites (N-methyl/N-ethyl adjacent to an activating group) is 1. The predicted octanol–water partition coefficient (Wildman–Crippen LogP) is 3.60. The highest BCUT2D eigenvalue weighted by Crippen LogP contribution is 2.26. The van der Waals surface area contributed by atoms with Gasteiger partial charge in [0.15, 0.2) is 5.13 Å². The van der Waals surface area contributed by atoms with E-state index >= 15 is 0 Å². The van der Waals surface area contributed by atoms with Gasteiger partial charge in [0, 0.05) is 11.9 Å². The number of thiazole rings is 1. The van der Waals surface area contributed by atoms with Crippen molar-refractivity contribution in [1.29, 1.82) is 0 Å². The number of benzene rings is 1. The van der Waals surface area contributed by atoms with Crippen LogP contribution >= 0.6 is 23.1 Å². The zero-order valence-corrected chi connectivity index (χ0v) is 16.4. The largest absolute Gasteiger partial charge is 0.492 e. The molecule has 0 atom stereocenters. The molecule has 2 amide bonds. The minimum absolute atomic E-state index is 0.337. The summed E-state index contributed by atoms with van der Waals surface area (Å²) in [6.45, 7) is 5.36. The van der Waals surface area contributed by atoms with Gasteiger partial charge in [0.1, 0.15) is 12.4 Å². The third-order valence-electron chi connectivity index (χ3n) is 3.86. The second-order valence-electron chi connectivity index (χ2n) is 5.83. The van der Waals surface area contributed by atoms with Crippen LogP contribution in [0.3, 0.4) is 0 Å². The van der Waals surface area contributed by atoms with Crippen molar-refractivity contribution in [2.45, 2.75) is 13.8 Å². The van der Waals surface area contributed by atoms with E-state index in [-0.39, 0.29) is 11.1 Å². The summed E-state index contributed by atoms with van der Waals surface area (Å²) < 4.78 is 5.77. The summed E-state index contributed by atoms with van der Waals surface area (Å²) in [5, 5.41) is 2.89. The Kier molecular flexibility index (Phi) is 5.63. The van der Waals surface area contributed by atoms with E-state index in [0.717, 1.165) is 40.4 Å². The Morgan fingerprint density at radius 3 is 2.54 bits per heavy atom. The van der Waals surface area contributed by atoms with Gasteiger partial charge >= 0.3 is 0 Å². The van der Waals surface area contributed by atoms with Gasteiger partial charge in [0.2, 0.25) is 0 Å². The van der Waals surface area contributed by atoms with E-state index < -0.39 is 0 Å². The summed E-state index contributed by atoms with van der Waals surface area (Å²) in [4.78, 5) is 31.0. The zero-order valence-electron chi connectivity index (χ0n) is 14.7. The van der Waals surface area contributed by atoms with Crippen LogP contribution in [0.15, 0.2) is 29.2 Å². The van der Waals surface area contributed by atoms with Gasteiger partial charge < -0.3 is 9.64 Å². The number of aryl methyl sites for hydroxylation is 2. The van der Waals surface area contributed by atoms with Crippen molar-refractivity contribution in [2.75, 3.05) is 25.1 Å². The van der Waals surface area contributed by atoms with Gasteiger partial charge in [0.25, 0.3) is 11.1 Å². The molecule has 1 aromatic heterocycles. The Labute approximate surface area is 160 Å². The molecule has 1 fully saturated rings. The van der Waals surface area contributed by atoms with Gasteiger partial charge in [0.05, 0.1) is 17.1 Å². The minimum Gasteiger partial charge on any atom is -0.492 e. The maximum Gasteiger partial charge on any atom is 0.290 e. The van der Waals surface area contributed by atoms with Crippen molar-refractivity contribution in [3.63, 3.8) is 0 Å². The van der Waals surface area contributed by atoms with Crippen molar-refractivity contribution in [3.8, 4) is 5.75 Å². The first-order valence-electron chi connectivity index (χ1n) is 8.05. The van der Waals surface area contributed by atoms with Crippen molar-refractivity contribution in [2.24, 2.45) is 0 Å². The monoisotopic (exact) mass is 389 g/mol. The van der Waals surface area contributed by atoms with Crippen LogP contribution in [-0.4, -0.2) is 36.3 Å². The number of thioether (sulfide) groups is 1. The Morgan fingerprint density at radius 2 is 1.96 bits per heavy atom. The summed E-state index contributed by atoms with van der Waals surface area (Å²) in [7, 11) is 2.00. The van der Waals surface area contributed by atoms with Crippen LogP contribution in [0, 0.1) is 13.8 Å². The minimum atomic E-state index is -0.351. The summed E-state index contributed by atoms with van der Waals surface area (Å²) in [6.07, 6.45) is 1.69. The number of nitrogens with zero attached hydrogens (tertiary/aromatic N) is 2. The highest BCUT2D eigenvalue weighted by atomic mass is 32.2. The number of imide groups is 1. The number of anilines is 1. The Hall–Kier alpha value is -2.32. The topological polar surface area (TPSA) is 71.5 Å². The van der Waals surface area contributed by atoms with Crippen LogP contribution in [-0.2, 0) is 4.79 Å². The smallest absolute Gasteiger partial charge is 0.290 e. The maximum atomic E-state index is 11.5.